The molecule has 30 heavy (non-hydrogen) atoms. The molecule has 0 radical (unpaired) electrons. The molecule has 1 saturated heterocycles. The third kappa shape index (κ3) is 6.85. The lowest BCUT2D eigenvalue weighted by molar-refractivity contribution is -0.115. The van der Waals surface area contributed by atoms with Crippen molar-refractivity contribution in [1.82, 2.24) is 15.4 Å². The van der Waals surface area contributed by atoms with Gasteiger partial charge in [0.2, 0.25) is 5.91 Å². The van der Waals surface area contributed by atoms with E-state index < -0.39 is 0 Å². The number of anilines is 1. The van der Waals surface area contributed by atoms with Gasteiger partial charge in [-0.1, -0.05) is 12.1 Å². The van der Waals surface area contributed by atoms with Crippen LogP contribution in [-0.2, 0) is 16.1 Å². The van der Waals surface area contributed by atoms with Gasteiger partial charge < -0.3 is 24.6 Å². The van der Waals surface area contributed by atoms with E-state index in [1.165, 1.54) is 0 Å². The molecule has 0 aliphatic carbocycles. The van der Waals surface area contributed by atoms with Gasteiger partial charge in [-0.25, -0.2) is 0 Å². The fourth-order valence-electron chi connectivity index (χ4n) is 2.95. The Balaban J connectivity index is 1.37. The number of morpholine rings is 1. The summed E-state index contributed by atoms with van der Waals surface area (Å²) >= 11 is 0. The molecule has 2 heterocycles. The molecule has 1 aromatic heterocycles. The van der Waals surface area contributed by atoms with E-state index in [0.717, 1.165) is 39.3 Å². The van der Waals surface area contributed by atoms with Crippen LogP contribution in [0.1, 0.15) is 36.0 Å². The molecule has 2 aromatic rings. The summed E-state index contributed by atoms with van der Waals surface area (Å²) < 4.78 is 16.1. The summed E-state index contributed by atoms with van der Waals surface area (Å²) in [6.07, 6.45) is 1.29. The fraction of sp³-hybridized carbons (Fsp3) is 0.476. The Kier molecular flexibility index (Phi) is 8.22. The van der Waals surface area contributed by atoms with E-state index in [9.17, 15) is 9.59 Å². The number of nitrogens with zero attached hydrogens (tertiary/aromatic N) is 2. The van der Waals surface area contributed by atoms with Crippen molar-refractivity contribution in [2.24, 2.45) is 0 Å². The number of amides is 2. The number of ether oxygens (including phenoxy) is 2. The SMILES string of the molecule is CCC(=O)Nc1ccc(OCc2cc(C(=O)NCCCN3CCOCC3)no2)cc1. The fourth-order valence-corrected chi connectivity index (χ4v) is 2.95. The normalized spacial score (nSPS) is 14.3. The molecule has 162 valence electrons. The van der Waals surface area contributed by atoms with Crippen molar-refractivity contribution in [3.63, 3.8) is 0 Å². The van der Waals surface area contributed by atoms with E-state index in [1.807, 2.05) is 0 Å². The van der Waals surface area contributed by atoms with Crippen LogP contribution < -0.4 is 15.4 Å². The molecule has 0 saturated carbocycles. The standard InChI is InChI=1S/C21H28N4O5/c1-2-20(26)23-16-4-6-17(7-5-16)29-15-18-14-19(24-30-18)21(27)22-8-3-9-25-10-12-28-13-11-25/h4-7,14H,2-3,8-13,15H2,1H3,(H,22,27)(H,23,26). The topological polar surface area (TPSA) is 106 Å². The summed E-state index contributed by atoms with van der Waals surface area (Å²) in [7, 11) is 0. The van der Waals surface area contributed by atoms with E-state index in [1.54, 1.807) is 37.3 Å². The maximum absolute atomic E-state index is 12.2. The zero-order chi connectivity index (χ0) is 21.2. The van der Waals surface area contributed by atoms with Gasteiger partial charge in [-0.3, -0.25) is 14.5 Å². The van der Waals surface area contributed by atoms with Crippen LogP contribution in [0.15, 0.2) is 34.9 Å². The Labute approximate surface area is 175 Å². The zero-order valence-corrected chi connectivity index (χ0v) is 17.2. The van der Waals surface area contributed by atoms with Crippen LogP contribution in [0.25, 0.3) is 0 Å². The first-order chi connectivity index (χ1) is 14.6. The van der Waals surface area contributed by atoms with Crippen LogP contribution in [0, 0.1) is 0 Å². The molecule has 0 spiro atoms. The molecular formula is C21H28N4O5. The Bertz CT molecular complexity index is 815. The average molecular weight is 416 g/mol. The minimum Gasteiger partial charge on any atom is -0.486 e. The maximum atomic E-state index is 12.2. The van der Waals surface area contributed by atoms with Crippen LogP contribution in [-0.4, -0.2) is 61.3 Å². The van der Waals surface area contributed by atoms with E-state index in [4.69, 9.17) is 14.0 Å². The van der Waals surface area contributed by atoms with Gasteiger partial charge in [-0.2, -0.15) is 0 Å². The van der Waals surface area contributed by atoms with Gasteiger partial charge in [-0.15, -0.1) is 0 Å². The van der Waals surface area contributed by atoms with Gasteiger partial charge in [0.05, 0.1) is 13.2 Å². The van der Waals surface area contributed by atoms with Crippen LogP contribution in [0.2, 0.25) is 0 Å². The van der Waals surface area contributed by atoms with Gasteiger partial charge in [0, 0.05) is 37.8 Å². The average Bonchev–Trinajstić information content (AvgIpc) is 3.26. The van der Waals surface area contributed by atoms with Crippen LogP contribution in [0.3, 0.4) is 0 Å². The highest BCUT2D eigenvalue weighted by Crippen LogP contribution is 2.17. The van der Waals surface area contributed by atoms with Crippen molar-refractivity contribution >= 4 is 17.5 Å². The Hall–Kier alpha value is -2.91. The van der Waals surface area contributed by atoms with Gasteiger partial charge in [0.25, 0.3) is 5.91 Å². The molecule has 0 unspecified atom stereocenters. The smallest absolute Gasteiger partial charge is 0.273 e. The number of nitrogens with one attached hydrogen (secondary N) is 2. The van der Waals surface area contributed by atoms with Gasteiger partial charge in [0.1, 0.15) is 12.4 Å². The van der Waals surface area contributed by atoms with Crippen molar-refractivity contribution in [3.8, 4) is 5.75 Å². The van der Waals surface area contributed by atoms with E-state index in [0.29, 0.717) is 30.2 Å². The van der Waals surface area contributed by atoms with Crippen molar-refractivity contribution < 1.29 is 23.6 Å². The predicted octanol–water partition coefficient (Wildman–Crippen LogP) is 2.05. The summed E-state index contributed by atoms with van der Waals surface area (Å²) in [5.41, 5.74) is 0.944. The molecule has 1 aromatic carbocycles. The molecule has 1 aliphatic rings. The lowest BCUT2D eigenvalue weighted by Gasteiger charge is -2.26. The third-order valence-corrected chi connectivity index (χ3v) is 4.67. The molecule has 9 nitrogen and oxygen atoms in total. The quantitative estimate of drug-likeness (QED) is 0.571. The van der Waals surface area contributed by atoms with Crippen LogP contribution in [0.5, 0.6) is 5.75 Å². The highest BCUT2D eigenvalue weighted by molar-refractivity contribution is 5.92. The highest BCUT2D eigenvalue weighted by Gasteiger charge is 2.14. The van der Waals surface area contributed by atoms with Crippen molar-refractivity contribution in [2.45, 2.75) is 26.4 Å². The first-order valence-electron chi connectivity index (χ1n) is 10.2. The van der Waals surface area contributed by atoms with Gasteiger partial charge >= 0.3 is 0 Å². The maximum Gasteiger partial charge on any atom is 0.273 e. The monoisotopic (exact) mass is 416 g/mol. The summed E-state index contributed by atoms with van der Waals surface area (Å²) in [5.74, 6) is 0.770. The second-order valence-corrected chi connectivity index (χ2v) is 6.96. The van der Waals surface area contributed by atoms with E-state index in [-0.39, 0.29) is 24.1 Å². The third-order valence-electron chi connectivity index (χ3n) is 4.67. The van der Waals surface area contributed by atoms with Gasteiger partial charge in [-0.05, 0) is 37.2 Å². The van der Waals surface area contributed by atoms with Crippen LogP contribution >= 0.6 is 0 Å². The second-order valence-electron chi connectivity index (χ2n) is 6.96. The second kappa shape index (κ2) is 11.3. The van der Waals surface area contributed by atoms with E-state index >= 15 is 0 Å². The Morgan fingerprint density at radius 2 is 1.97 bits per heavy atom. The number of rotatable bonds is 10. The van der Waals surface area contributed by atoms with Gasteiger partial charge in [0.15, 0.2) is 11.5 Å². The van der Waals surface area contributed by atoms with Crippen molar-refractivity contribution in [1.29, 1.82) is 0 Å². The number of benzene rings is 1. The van der Waals surface area contributed by atoms with Crippen molar-refractivity contribution in [3.05, 3.63) is 41.8 Å². The van der Waals surface area contributed by atoms with Crippen LogP contribution in [0.4, 0.5) is 5.69 Å². The minimum absolute atomic E-state index is 0.0442. The molecule has 1 fully saturated rings. The lowest BCUT2D eigenvalue weighted by Crippen LogP contribution is -2.38. The molecule has 3 rings (SSSR count). The predicted molar refractivity (Wildman–Crippen MR) is 110 cm³/mol. The minimum atomic E-state index is -0.261. The Morgan fingerprint density at radius 1 is 1.20 bits per heavy atom. The molecule has 1 aliphatic heterocycles. The number of aromatic nitrogens is 1. The highest BCUT2D eigenvalue weighted by atomic mass is 16.5. The summed E-state index contributed by atoms with van der Waals surface area (Å²) in [6.45, 7) is 6.89. The van der Waals surface area contributed by atoms with Crippen molar-refractivity contribution in [2.75, 3.05) is 44.7 Å². The lowest BCUT2D eigenvalue weighted by atomic mass is 10.3. The summed E-state index contributed by atoms with van der Waals surface area (Å²) in [5, 5.41) is 9.44. The first kappa shape index (κ1) is 21.8. The first-order valence-corrected chi connectivity index (χ1v) is 10.2. The zero-order valence-electron chi connectivity index (χ0n) is 17.2. The molecule has 0 bridgehead atoms. The molecule has 9 heteroatoms. The largest absolute Gasteiger partial charge is 0.486 e. The van der Waals surface area contributed by atoms with E-state index in [2.05, 4.69) is 20.7 Å². The number of hydrogen-bond donors (Lipinski definition) is 2. The molecular weight excluding hydrogens is 388 g/mol. The molecule has 2 amide bonds. The molecule has 0 atom stereocenters. The number of hydrogen-bond acceptors (Lipinski definition) is 7. The number of carbonyl (C=O) groups is 2. The Morgan fingerprint density at radius 3 is 2.70 bits per heavy atom. The number of carbonyl (C=O) groups excluding carboxylic acids is 2. The molecule has 2 N–H and O–H groups in total. The summed E-state index contributed by atoms with van der Waals surface area (Å²) in [6, 6.07) is 8.61. The summed E-state index contributed by atoms with van der Waals surface area (Å²) in [4.78, 5) is 25.9.